The van der Waals surface area contributed by atoms with Crippen molar-refractivity contribution in [3.05, 3.63) is 12.7 Å². The normalized spacial score (nSPS) is 17.4. The van der Waals surface area contributed by atoms with Crippen molar-refractivity contribution in [2.75, 3.05) is 31.9 Å². The first kappa shape index (κ1) is 16.1. The van der Waals surface area contributed by atoms with Gasteiger partial charge >= 0.3 is 0 Å². The van der Waals surface area contributed by atoms with Gasteiger partial charge in [-0.15, -0.1) is 6.58 Å². The Hall–Kier alpha value is -0.920. The topological polar surface area (TPSA) is 78.5 Å². The molecule has 0 bridgehead atoms. The third-order valence-electron chi connectivity index (χ3n) is 3.14. The van der Waals surface area contributed by atoms with Crippen LogP contribution in [-0.2, 0) is 14.8 Å². The Balaban J connectivity index is 2.32. The van der Waals surface area contributed by atoms with E-state index in [2.05, 4.69) is 16.6 Å². The summed E-state index contributed by atoms with van der Waals surface area (Å²) in [5.74, 6) is 0.149. The molecule has 1 saturated heterocycles. The number of hydrogen-bond donors (Lipinski definition) is 2. The minimum atomic E-state index is -3.15. The summed E-state index contributed by atoms with van der Waals surface area (Å²) in [7, 11) is -3.15. The number of nitrogens with zero attached hydrogens (tertiary/aromatic N) is 1. The molecule has 1 fully saturated rings. The Kier molecular flexibility index (Phi) is 6.47. The van der Waals surface area contributed by atoms with E-state index in [1.807, 2.05) is 0 Å². The fourth-order valence-corrected chi connectivity index (χ4v) is 2.89. The Bertz CT molecular complexity index is 400. The van der Waals surface area contributed by atoms with Gasteiger partial charge in [-0.2, -0.15) is 0 Å². The number of hydrogen-bond acceptors (Lipinski definition) is 4. The first-order valence-corrected chi connectivity index (χ1v) is 8.23. The van der Waals surface area contributed by atoms with Crippen LogP contribution in [0.15, 0.2) is 12.7 Å². The smallest absolute Gasteiger partial charge is 0.236 e. The highest BCUT2D eigenvalue weighted by molar-refractivity contribution is 7.89. The van der Waals surface area contributed by atoms with Gasteiger partial charge in [0.1, 0.15) is 0 Å². The van der Waals surface area contributed by atoms with Gasteiger partial charge < -0.3 is 10.2 Å². The van der Waals surface area contributed by atoms with E-state index >= 15 is 0 Å². The van der Waals surface area contributed by atoms with Crippen LogP contribution in [0.1, 0.15) is 19.8 Å². The van der Waals surface area contributed by atoms with E-state index in [0.717, 1.165) is 0 Å². The average Bonchev–Trinajstić information content (AvgIpc) is 2.39. The Labute approximate surface area is 115 Å². The van der Waals surface area contributed by atoms with E-state index in [4.69, 9.17) is 0 Å². The van der Waals surface area contributed by atoms with Gasteiger partial charge in [0.05, 0.1) is 12.3 Å². The molecule has 1 heterocycles. The van der Waals surface area contributed by atoms with Crippen molar-refractivity contribution in [2.24, 2.45) is 0 Å². The van der Waals surface area contributed by atoms with Gasteiger partial charge in [0, 0.05) is 25.7 Å². The number of amides is 1. The summed E-state index contributed by atoms with van der Waals surface area (Å²) in [4.78, 5) is 13.6. The highest BCUT2D eigenvalue weighted by atomic mass is 32.2. The maximum Gasteiger partial charge on any atom is 0.236 e. The lowest BCUT2D eigenvalue weighted by Gasteiger charge is -2.32. The second-order valence-electron chi connectivity index (χ2n) is 4.60. The molecule has 7 heteroatoms. The first-order valence-electron chi connectivity index (χ1n) is 6.58. The molecule has 1 aliphatic rings. The van der Waals surface area contributed by atoms with E-state index in [9.17, 15) is 13.2 Å². The Morgan fingerprint density at radius 3 is 2.58 bits per heavy atom. The number of piperidine rings is 1. The minimum absolute atomic E-state index is 0.0462. The SMILES string of the molecule is C=CCNCC(=O)N1CCC(NS(=O)(=O)CC)CC1. The van der Waals surface area contributed by atoms with Crippen LogP contribution in [0.3, 0.4) is 0 Å². The molecule has 0 aromatic carbocycles. The van der Waals surface area contributed by atoms with Gasteiger partial charge in [-0.1, -0.05) is 6.08 Å². The molecular weight excluding hydrogens is 266 g/mol. The molecule has 110 valence electrons. The second kappa shape index (κ2) is 7.62. The average molecular weight is 289 g/mol. The van der Waals surface area contributed by atoms with Crippen LogP contribution in [0.4, 0.5) is 0 Å². The van der Waals surface area contributed by atoms with Gasteiger partial charge in [0.15, 0.2) is 0 Å². The maximum absolute atomic E-state index is 11.8. The zero-order valence-electron chi connectivity index (χ0n) is 11.4. The molecule has 1 aliphatic heterocycles. The lowest BCUT2D eigenvalue weighted by Crippen LogP contribution is -2.48. The summed E-state index contributed by atoms with van der Waals surface area (Å²) in [5.41, 5.74) is 0. The van der Waals surface area contributed by atoms with Crippen molar-refractivity contribution in [3.8, 4) is 0 Å². The number of nitrogens with one attached hydrogen (secondary N) is 2. The molecule has 6 nitrogen and oxygen atoms in total. The van der Waals surface area contributed by atoms with E-state index in [-0.39, 0.29) is 17.7 Å². The van der Waals surface area contributed by atoms with E-state index in [1.165, 1.54) is 0 Å². The van der Waals surface area contributed by atoms with Crippen LogP contribution in [0.2, 0.25) is 0 Å². The quantitative estimate of drug-likeness (QED) is 0.498. The molecule has 0 spiro atoms. The molecule has 1 amide bonds. The zero-order valence-corrected chi connectivity index (χ0v) is 12.2. The third kappa shape index (κ3) is 5.71. The van der Waals surface area contributed by atoms with Crippen molar-refractivity contribution in [2.45, 2.75) is 25.8 Å². The van der Waals surface area contributed by atoms with E-state index in [1.54, 1.807) is 17.9 Å². The number of likely N-dealkylation sites (tertiary alicyclic amines) is 1. The van der Waals surface area contributed by atoms with Gasteiger partial charge in [-0.05, 0) is 19.8 Å². The van der Waals surface area contributed by atoms with E-state index in [0.29, 0.717) is 39.0 Å². The highest BCUT2D eigenvalue weighted by Crippen LogP contribution is 2.11. The van der Waals surface area contributed by atoms with Crippen LogP contribution in [-0.4, -0.2) is 57.2 Å². The summed E-state index contributed by atoms with van der Waals surface area (Å²) in [6.07, 6.45) is 3.05. The molecule has 1 rings (SSSR count). The predicted molar refractivity (Wildman–Crippen MR) is 75.3 cm³/mol. The number of sulfonamides is 1. The molecule has 0 atom stereocenters. The lowest BCUT2D eigenvalue weighted by molar-refractivity contribution is -0.131. The molecule has 0 radical (unpaired) electrons. The monoisotopic (exact) mass is 289 g/mol. The standard InChI is InChI=1S/C12H23N3O3S/c1-3-7-13-10-12(16)15-8-5-11(6-9-15)14-19(17,18)4-2/h3,11,13-14H,1,4-10H2,2H3. The summed E-state index contributed by atoms with van der Waals surface area (Å²) >= 11 is 0. The molecule has 19 heavy (non-hydrogen) atoms. The van der Waals surface area contributed by atoms with Gasteiger partial charge in [0.2, 0.25) is 15.9 Å². The van der Waals surface area contributed by atoms with Crippen molar-refractivity contribution in [1.82, 2.24) is 14.9 Å². The molecule has 2 N–H and O–H groups in total. The van der Waals surface area contributed by atoms with Crippen molar-refractivity contribution in [3.63, 3.8) is 0 Å². The molecular formula is C12H23N3O3S. The van der Waals surface area contributed by atoms with Crippen molar-refractivity contribution >= 4 is 15.9 Å². The molecule has 0 saturated carbocycles. The second-order valence-corrected chi connectivity index (χ2v) is 6.64. The van der Waals surface area contributed by atoms with E-state index < -0.39 is 10.0 Å². The predicted octanol–water partition coefficient (Wildman–Crippen LogP) is -0.308. The zero-order chi connectivity index (χ0) is 14.3. The minimum Gasteiger partial charge on any atom is -0.341 e. The van der Waals surface area contributed by atoms with Gasteiger partial charge in [-0.25, -0.2) is 13.1 Å². The largest absolute Gasteiger partial charge is 0.341 e. The Morgan fingerprint density at radius 2 is 2.05 bits per heavy atom. The number of carbonyl (C=O) groups excluding carboxylic acids is 1. The van der Waals surface area contributed by atoms with Crippen LogP contribution in [0.25, 0.3) is 0 Å². The molecule has 0 unspecified atom stereocenters. The fourth-order valence-electron chi connectivity index (χ4n) is 1.98. The van der Waals surface area contributed by atoms with Crippen LogP contribution in [0.5, 0.6) is 0 Å². The molecule has 0 aliphatic carbocycles. The highest BCUT2D eigenvalue weighted by Gasteiger charge is 2.24. The summed E-state index contributed by atoms with van der Waals surface area (Å²) < 4.78 is 25.6. The summed E-state index contributed by atoms with van der Waals surface area (Å²) in [5, 5.41) is 2.97. The lowest BCUT2D eigenvalue weighted by atomic mass is 10.1. The van der Waals surface area contributed by atoms with Crippen LogP contribution < -0.4 is 10.0 Å². The molecule has 0 aromatic rings. The van der Waals surface area contributed by atoms with Gasteiger partial charge in [0.25, 0.3) is 0 Å². The summed E-state index contributed by atoms with van der Waals surface area (Å²) in [6.45, 7) is 7.30. The van der Waals surface area contributed by atoms with Crippen LogP contribution in [0, 0.1) is 0 Å². The fraction of sp³-hybridized carbons (Fsp3) is 0.750. The van der Waals surface area contributed by atoms with Crippen molar-refractivity contribution in [1.29, 1.82) is 0 Å². The summed E-state index contributed by atoms with van der Waals surface area (Å²) in [6, 6.07) is -0.0462. The third-order valence-corrected chi connectivity index (χ3v) is 4.59. The van der Waals surface area contributed by atoms with Gasteiger partial charge in [-0.3, -0.25) is 4.79 Å². The maximum atomic E-state index is 11.8. The number of rotatable bonds is 7. The first-order chi connectivity index (χ1) is 8.98. The van der Waals surface area contributed by atoms with Crippen LogP contribution >= 0.6 is 0 Å². The van der Waals surface area contributed by atoms with Crippen molar-refractivity contribution < 1.29 is 13.2 Å². The molecule has 0 aromatic heterocycles. The Morgan fingerprint density at radius 1 is 1.42 bits per heavy atom. The number of carbonyl (C=O) groups is 1.